The maximum absolute atomic E-state index is 2.49. The van der Waals surface area contributed by atoms with Crippen LogP contribution in [0.15, 0.2) is 0 Å². The lowest BCUT2D eigenvalue weighted by Gasteiger charge is -2.37. The molecule has 1 rings (SSSR count). The molecule has 0 aliphatic carbocycles. The Kier molecular flexibility index (Phi) is 16.2. The first kappa shape index (κ1) is 23.4. The largest absolute Gasteiger partial charge is 1.00 e. The van der Waals surface area contributed by atoms with Gasteiger partial charge in [-0.1, -0.05) is 77.6 Å². The molecule has 0 radical (unpaired) electrons. The van der Waals surface area contributed by atoms with E-state index in [0.717, 1.165) is 0 Å². The third-order valence-electron chi connectivity index (χ3n) is 5.70. The van der Waals surface area contributed by atoms with Gasteiger partial charge in [-0.3, -0.25) is 0 Å². The number of hydrogen-bond acceptors (Lipinski definition) is 0. The van der Waals surface area contributed by atoms with Gasteiger partial charge in [0, 0.05) is 0 Å². The highest BCUT2D eigenvalue weighted by atomic mass is 79.9. The predicted molar refractivity (Wildman–Crippen MR) is 100 cm³/mol. The SMILES string of the molecule is CCCCCCCCCCCCCCC[N+]1(C)CCCCC1.[Br-]. The molecule has 0 aromatic rings. The van der Waals surface area contributed by atoms with Crippen LogP contribution in [0.4, 0.5) is 0 Å². The standard InChI is InChI=1S/C21H44N.BrH/c1-3-4-5-6-7-8-9-10-11-12-13-14-16-19-22(2)20-17-15-18-21-22;/h3-21H2,1-2H3;1H/q+1;/p-1. The Hall–Kier alpha value is 0.440. The van der Waals surface area contributed by atoms with Crippen molar-refractivity contribution in [2.75, 3.05) is 26.7 Å². The zero-order valence-corrected chi connectivity index (χ0v) is 17.8. The highest BCUT2D eigenvalue weighted by Gasteiger charge is 2.23. The van der Waals surface area contributed by atoms with Gasteiger partial charge in [-0.2, -0.15) is 0 Å². The van der Waals surface area contributed by atoms with Crippen LogP contribution in [0.2, 0.25) is 0 Å². The van der Waals surface area contributed by atoms with Gasteiger partial charge in [0.25, 0.3) is 0 Å². The van der Waals surface area contributed by atoms with Crippen LogP contribution in [0.25, 0.3) is 0 Å². The summed E-state index contributed by atoms with van der Waals surface area (Å²) >= 11 is 0. The molecule has 1 saturated heterocycles. The summed E-state index contributed by atoms with van der Waals surface area (Å²) in [6.07, 6.45) is 23.5. The van der Waals surface area contributed by atoms with Gasteiger partial charge >= 0.3 is 0 Å². The molecule has 2 heteroatoms. The van der Waals surface area contributed by atoms with E-state index in [1.165, 1.54) is 127 Å². The Morgan fingerprint density at radius 1 is 0.565 bits per heavy atom. The molecule has 1 aliphatic heterocycles. The Morgan fingerprint density at radius 3 is 1.39 bits per heavy atom. The summed E-state index contributed by atoms with van der Waals surface area (Å²) in [5.74, 6) is 0. The lowest BCUT2D eigenvalue weighted by atomic mass is 10.0. The second-order valence-electron chi connectivity index (χ2n) is 8.09. The van der Waals surface area contributed by atoms with E-state index in [0.29, 0.717) is 0 Å². The molecule has 0 N–H and O–H groups in total. The van der Waals surface area contributed by atoms with E-state index in [2.05, 4.69) is 14.0 Å². The molecule has 0 bridgehead atoms. The molecule has 0 aromatic carbocycles. The Bertz CT molecular complexity index is 236. The van der Waals surface area contributed by atoms with E-state index >= 15 is 0 Å². The van der Waals surface area contributed by atoms with Crippen LogP contribution in [-0.4, -0.2) is 31.2 Å². The smallest absolute Gasteiger partial charge is 0.0784 e. The van der Waals surface area contributed by atoms with E-state index in [4.69, 9.17) is 0 Å². The first-order valence-electron chi connectivity index (χ1n) is 10.6. The summed E-state index contributed by atoms with van der Waals surface area (Å²) in [7, 11) is 2.49. The van der Waals surface area contributed by atoms with E-state index < -0.39 is 0 Å². The fourth-order valence-electron chi connectivity index (χ4n) is 4.01. The Labute approximate surface area is 158 Å². The molecular formula is C21H44BrN. The second-order valence-corrected chi connectivity index (χ2v) is 8.09. The van der Waals surface area contributed by atoms with Crippen LogP contribution in [-0.2, 0) is 0 Å². The van der Waals surface area contributed by atoms with E-state index in [-0.39, 0.29) is 17.0 Å². The lowest BCUT2D eigenvalue weighted by molar-refractivity contribution is -0.914. The summed E-state index contributed by atoms with van der Waals surface area (Å²) in [6, 6.07) is 0. The van der Waals surface area contributed by atoms with Gasteiger partial charge in [-0.25, -0.2) is 0 Å². The number of unbranched alkanes of at least 4 members (excludes halogenated alkanes) is 12. The lowest BCUT2D eigenvalue weighted by Crippen LogP contribution is -3.00. The molecular weight excluding hydrogens is 346 g/mol. The van der Waals surface area contributed by atoms with E-state index in [1.54, 1.807) is 0 Å². The summed E-state index contributed by atoms with van der Waals surface area (Å²) < 4.78 is 1.37. The van der Waals surface area contributed by atoms with Crippen LogP contribution in [0, 0.1) is 0 Å². The fourth-order valence-corrected chi connectivity index (χ4v) is 4.01. The zero-order valence-electron chi connectivity index (χ0n) is 16.3. The number of likely N-dealkylation sites (tertiary alicyclic amines) is 1. The molecule has 0 saturated carbocycles. The number of rotatable bonds is 14. The van der Waals surface area contributed by atoms with Crippen molar-refractivity contribution in [3.05, 3.63) is 0 Å². The monoisotopic (exact) mass is 389 g/mol. The van der Waals surface area contributed by atoms with Gasteiger partial charge in [-0.15, -0.1) is 0 Å². The molecule has 0 aromatic heterocycles. The highest BCUT2D eigenvalue weighted by Crippen LogP contribution is 2.18. The molecule has 1 heterocycles. The normalized spacial score (nSPS) is 17.0. The first-order valence-corrected chi connectivity index (χ1v) is 10.6. The summed E-state index contributed by atoms with van der Waals surface area (Å²) in [4.78, 5) is 0. The highest BCUT2D eigenvalue weighted by molar-refractivity contribution is 4.53. The van der Waals surface area contributed by atoms with Crippen LogP contribution in [0.1, 0.15) is 110 Å². The van der Waals surface area contributed by atoms with Crippen molar-refractivity contribution < 1.29 is 21.5 Å². The van der Waals surface area contributed by atoms with Crippen molar-refractivity contribution in [1.82, 2.24) is 0 Å². The van der Waals surface area contributed by atoms with Crippen LogP contribution in [0.3, 0.4) is 0 Å². The molecule has 0 atom stereocenters. The third kappa shape index (κ3) is 13.4. The number of halogens is 1. The van der Waals surface area contributed by atoms with Gasteiger partial charge in [-0.05, 0) is 32.1 Å². The van der Waals surface area contributed by atoms with E-state index in [1.807, 2.05) is 0 Å². The van der Waals surface area contributed by atoms with E-state index in [9.17, 15) is 0 Å². The zero-order chi connectivity index (χ0) is 15.9. The number of quaternary nitrogens is 1. The summed E-state index contributed by atoms with van der Waals surface area (Å²) in [5.41, 5.74) is 0. The molecule has 1 nitrogen and oxygen atoms in total. The van der Waals surface area contributed by atoms with Crippen LogP contribution >= 0.6 is 0 Å². The van der Waals surface area contributed by atoms with Crippen LogP contribution in [0.5, 0.6) is 0 Å². The average molecular weight is 390 g/mol. The third-order valence-corrected chi connectivity index (χ3v) is 5.70. The minimum Gasteiger partial charge on any atom is -1.00 e. The van der Waals surface area contributed by atoms with Crippen molar-refractivity contribution in [2.45, 2.75) is 110 Å². The molecule has 23 heavy (non-hydrogen) atoms. The van der Waals surface area contributed by atoms with Crippen LogP contribution < -0.4 is 17.0 Å². The molecule has 1 aliphatic rings. The van der Waals surface area contributed by atoms with Crippen molar-refractivity contribution in [2.24, 2.45) is 0 Å². The molecule has 140 valence electrons. The maximum atomic E-state index is 2.49. The number of nitrogens with zero attached hydrogens (tertiary/aromatic N) is 1. The predicted octanol–water partition coefficient (Wildman–Crippen LogP) is 3.71. The van der Waals surface area contributed by atoms with Crippen molar-refractivity contribution >= 4 is 0 Å². The first-order chi connectivity index (χ1) is 10.8. The number of piperidine rings is 1. The van der Waals surface area contributed by atoms with Gasteiger partial charge in [0.1, 0.15) is 0 Å². The second kappa shape index (κ2) is 15.9. The van der Waals surface area contributed by atoms with Gasteiger partial charge < -0.3 is 21.5 Å². The van der Waals surface area contributed by atoms with Gasteiger partial charge in [0.15, 0.2) is 0 Å². The maximum Gasteiger partial charge on any atom is 0.0784 e. The summed E-state index contributed by atoms with van der Waals surface area (Å²) in [5, 5.41) is 0. The topological polar surface area (TPSA) is 0 Å². The molecule has 0 spiro atoms. The van der Waals surface area contributed by atoms with Crippen molar-refractivity contribution in [3.63, 3.8) is 0 Å². The Balaban J connectivity index is 0.00000484. The fraction of sp³-hybridized carbons (Fsp3) is 1.00. The minimum absolute atomic E-state index is 0. The molecule has 1 fully saturated rings. The quantitative estimate of drug-likeness (QED) is 0.313. The Morgan fingerprint density at radius 2 is 0.957 bits per heavy atom. The summed E-state index contributed by atoms with van der Waals surface area (Å²) in [6.45, 7) is 6.63. The average Bonchev–Trinajstić information content (AvgIpc) is 2.52. The minimum atomic E-state index is 0. The molecule has 0 unspecified atom stereocenters. The van der Waals surface area contributed by atoms with Gasteiger partial charge in [0.2, 0.25) is 0 Å². The number of hydrogen-bond donors (Lipinski definition) is 0. The van der Waals surface area contributed by atoms with Crippen molar-refractivity contribution in [3.8, 4) is 0 Å². The van der Waals surface area contributed by atoms with Gasteiger partial charge in [0.05, 0.1) is 26.7 Å². The molecule has 0 amide bonds. The van der Waals surface area contributed by atoms with Crippen molar-refractivity contribution in [1.29, 1.82) is 0 Å².